The summed E-state index contributed by atoms with van der Waals surface area (Å²) in [5.74, 6) is -0.951. The molecule has 0 aliphatic rings. The number of aliphatic carboxylic acids is 1. The molecule has 2 rings (SSSR count). The molecule has 2 aromatic rings. The van der Waals surface area contributed by atoms with E-state index in [1.165, 1.54) is 0 Å². The zero-order chi connectivity index (χ0) is 17.7. The van der Waals surface area contributed by atoms with E-state index >= 15 is 0 Å². The number of carboxylic acid groups (broad SMARTS) is 1. The van der Waals surface area contributed by atoms with Gasteiger partial charge in [0.05, 0.1) is 0 Å². The van der Waals surface area contributed by atoms with Gasteiger partial charge in [0, 0.05) is 16.1 Å². The fourth-order valence-electron chi connectivity index (χ4n) is 2.56. The van der Waals surface area contributed by atoms with Crippen LogP contribution in [0.3, 0.4) is 0 Å². The van der Waals surface area contributed by atoms with Crippen molar-refractivity contribution in [1.82, 2.24) is 0 Å². The van der Waals surface area contributed by atoms with Gasteiger partial charge in [-0.1, -0.05) is 19.1 Å². The second-order valence-electron chi connectivity index (χ2n) is 5.41. The standard InChI is InChI=1S/C18H21N3O2S/c1-3-18(17(22)23,13-5-4-6-15(11-13)24-2)21-14-9-7-12(8-10-14)16(19)20/h4-11,21H,3H2,1-2H3,(H3,19,20)(H,22,23). The molecular formula is C18H21N3O2S. The second kappa shape index (κ2) is 7.40. The quantitative estimate of drug-likeness (QED) is 0.350. The Balaban J connectivity index is 2.44. The minimum atomic E-state index is -1.22. The van der Waals surface area contributed by atoms with Gasteiger partial charge in [0.2, 0.25) is 0 Å². The summed E-state index contributed by atoms with van der Waals surface area (Å²) in [7, 11) is 0. The van der Waals surface area contributed by atoms with Crippen LogP contribution in [0.4, 0.5) is 5.69 Å². The lowest BCUT2D eigenvalue weighted by Gasteiger charge is -2.31. The van der Waals surface area contributed by atoms with Crippen molar-refractivity contribution in [1.29, 1.82) is 5.41 Å². The average Bonchev–Trinajstić information content (AvgIpc) is 2.59. The molecule has 0 fully saturated rings. The van der Waals surface area contributed by atoms with Crippen LogP contribution in [0.2, 0.25) is 0 Å². The van der Waals surface area contributed by atoms with Crippen molar-refractivity contribution in [2.24, 2.45) is 5.73 Å². The number of nitrogen functional groups attached to an aromatic ring is 1. The van der Waals surface area contributed by atoms with Crippen molar-refractivity contribution < 1.29 is 9.90 Å². The highest BCUT2D eigenvalue weighted by Gasteiger charge is 2.38. The van der Waals surface area contributed by atoms with Gasteiger partial charge < -0.3 is 16.2 Å². The van der Waals surface area contributed by atoms with Gasteiger partial charge in [-0.2, -0.15) is 0 Å². The molecule has 0 bridgehead atoms. The number of hydrogen-bond donors (Lipinski definition) is 4. The molecule has 5 N–H and O–H groups in total. The van der Waals surface area contributed by atoms with Crippen LogP contribution < -0.4 is 11.1 Å². The average molecular weight is 343 g/mol. The van der Waals surface area contributed by atoms with Gasteiger partial charge in [0.15, 0.2) is 5.54 Å². The number of nitrogens with one attached hydrogen (secondary N) is 2. The lowest BCUT2D eigenvalue weighted by molar-refractivity contribution is -0.142. The van der Waals surface area contributed by atoms with E-state index in [0.717, 1.165) is 4.90 Å². The number of anilines is 1. The summed E-state index contributed by atoms with van der Waals surface area (Å²) in [6, 6.07) is 14.4. The van der Waals surface area contributed by atoms with Gasteiger partial charge in [-0.15, -0.1) is 11.8 Å². The maximum absolute atomic E-state index is 12.1. The highest BCUT2D eigenvalue weighted by Crippen LogP contribution is 2.32. The van der Waals surface area contributed by atoms with Gasteiger partial charge in [0.25, 0.3) is 0 Å². The molecule has 0 saturated carbocycles. The summed E-state index contributed by atoms with van der Waals surface area (Å²) < 4.78 is 0. The normalized spacial score (nSPS) is 13.1. The van der Waals surface area contributed by atoms with E-state index in [9.17, 15) is 9.90 Å². The van der Waals surface area contributed by atoms with Crippen LogP contribution in [0.15, 0.2) is 53.4 Å². The third-order valence-electron chi connectivity index (χ3n) is 4.01. The third kappa shape index (κ3) is 3.54. The number of carboxylic acids is 1. The Morgan fingerprint density at radius 3 is 2.46 bits per heavy atom. The van der Waals surface area contributed by atoms with Crippen LogP contribution >= 0.6 is 11.8 Å². The fourth-order valence-corrected chi connectivity index (χ4v) is 3.02. The van der Waals surface area contributed by atoms with Crippen LogP contribution in [0.25, 0.3) is 0 Å². The lowest BCUT2D eigenvalue weighted by atomic mass is 9.86. The Morgan fingerprint density at radius 1 is 1.29 bits per heavy atom. The molecule has 5 nitrogen and oxygen atoms in total. The monoisotopic (exact) mass is 343 g/mol. The van der Waals surface area contributed by atoms with Crippen LogP contribution in [-0.2, 0) is 10.3 Å². The summed E-state index contributed by atoms with van der Waals surface area (Å²) >= 11 is 1.57. The zero-order valence-electron chi connectivity index (χ0n) is 13.7. The van der Waals surface area contributed by atoms with Crippen molar-refractivity contribution in [3.63, 3.8) is 0 Å². The molecule has 0 radical (unpaired) electrons. The van der Waals surface area contributed by atoms with E-state index in [2.05, 4.69) is 5.32 Å². The first-order valence-electron chi connectivity index (χ1n) is 7.53. The number of rotatable bonds is 7. The molecule has 0 saturated heterocycles. The fraction of sp³-hybridized carbons (Fsp3) is 0.222. The first-order valence-corrected chi connectivity index (χ1v) is 8.76. The summed E-state index contributed by atoms with van der Waals surface area (Å²) in [4.78, 5) is 13.1. The highest BCUT2D eigenvalue weighted by atomic mass is 32.2. The summed E-state index contributed by atoms with van der Waals surface area (Å²) in [6.45, 7) is 1.84. The molecule has 2 aromatic carbocycles. The van der Waals surface area contributed by atoms with Gasteiger partial charge >= 0.3 is 5.97 Å². The second-order valence-corrected chi connectivity index (χ2v) is 6.29. The van der Waals surface area contributed by atoms with Crippen molar-refractivity contribution >= 4 is 29.3 Å². The van der Waals surface area contributed by atoms with Crippen LogP contribution in [-0.4, -0.2) is 23.2 Å². The zero-order valence-corrected chi connectivity index (χ0v) is 14.5. The van der Waals surface area contributed by atoms with E-state index in [1.54, 1.807) is 36.0 Å². The van der Waals surface area contributed by atoms with Gasteiger partial charge in [-0.3, -0.25) is 5.41 Å². The Labute approximate surface area is 145 Å². The summed E-state index contributed by atoms with van der Waals surface area (Å²) in [5.41, 5.74) is 6.21. The Kier molecular flexibility index (Phi) is 5.51. The van der Waals surface area contributed by atoms with Crippen LogP contribution in [0.5, 0.6) is 0 Å². The number of amidine groups is 1. The smallest absolute Gasteiger partial charge is 0.334 e. The minimum absolute atomic E-state index is 0.0192. The molecule has 0 spiro atoms. The molecule has 1 atom stereocenters. The van der Waals surface area contributed by atoms with E-state index < -0.39 is 11.5 Å². The molecule has 0 amide bonds. The Morgan fingerprint density at radius 2 is 1.96 bits per heavy atom. The van der Waals surface area contributed by atoms with Gasteiger partial charge in [0.1, 0.15) is 5.84 Å². The minimum Gasteiger partial charge on any atom is -0.479 e. The predicted octanol–water partition coefficient (Wildman–Crippen LogP) is 3.49. The van der Waals surface area contributed by atoms with Crippen LogP contribution in [0.1, 0.15) is 24.5 Å². The van der Waals surface area contributed by atoms with Crippen LogP contribution in [0, 0.1) is 5.41 Å². The van der Waals surface area contributed by atoms with Crippen molar-refractivity contribution in [3.05, 3.63) is 59.7 Å². The molecule has 0 aliphatic carbocycles. The predicted molar refractivity (Wildman–Crippen MR) is 98.9 cm³/mol. The molecule has 6 heteroatoms. The number of hydrogen-bond acceptors (Lipinski definition) is 4. The highest BCUT2D eigenvalue weighted by molar-refractivity contribution is 7.98. The lowest BCUT2D eigenvalue weighted by Crippen LogP contribution is -2.43. The Hall–Kier alpha value is -2.47. The maximum Gasteiger partial charge on any atom is 0.334 e. The van der Waals surface area contributed by atoms with E-state index in [4.69, 9.17) is 11.1 Å². The Bertz CT molecular complexity index is 746. The molecule has 0 heterocycles. The first kappa shape index (κ1) is 17.9. The molecule has 126 valence electrons. The molecular weight excluding hydrogens is 322 g/mol. The largest absolute Gasteiger partial charge is 0.479 e. The summed E-state index contributed by atoms with van der Waals surface area (Å²) in [5, 5.41) is 20.5. The van der Waals surface area contributed by atoms with E-state index in [0.29, 0.717) is 23.2 Å². The van der Waals surface area contributed by atoms with E-state index in [-0.39, 0.29) is 5.84 Å². The molecule has 0 aliphatic heterocycles. The molecule has 1 unspecified atom stereocenters. The first-order chi connectivity index (χ1) is 11.4. The van der Waals surface area contributed by atoms with E-state index in [1.807, 2.05) is 37.4 Å². The number of benzene rings is 2. The van der Waals surface area contributed by atoms with Gasteiger partial charge in [-0.05, 0) is 54.6 Å². The van der Waals surface area contributed by atoms with Crippen molar-refractivity contribution in [2.75, 3.05) is 11.6 Å². The SMILES string of the molecule is CCC(Nc1ccc(C(=N)N)cc1)(C(=O)O)c1cccc(SC)c1. The molecule has 0 aromatic heterocycles. The summed E-state index contributed by atoms with van der Waals surface area (Å²) in [6.07, 6.45) is 2.34. The topological polar surface area (TPSA) is 99.2 Å². The third-order valence-corrected chi connectivity index (χ3v) is 4.74. The van der Waals surface area contributed by atoms with Gasteiger partial charge in [-0.25, -0.2) is 4.79 Å². The molecule has 24 heavy (non-hydrogen) atoms. The number of nitrogens with two attached hydrogens (primary N) is 1. The number of thioether (sulfide) groups is 1. The van der Waals surface area contributed by atoms with Crippen molar-refractivity contribution in [3.8, 4) is 0 Å². The van der Waals surface area contributed by atoms with Crippen molar-refractivity contribution in [2.45, 2.75) is 23.8 Å². The number of carbonyl (C=O) groups is 1. The maximum atomic E-state index is 12.1.